The molecule has 2 aromatic carbocycles. The molecule has 5 nitrogen and oxygen atoms in total. The van der Waals surface area contributed by atoms with Crippen LogP contribution in [-0.4, -0.2) is 30.6 Å². The Bertz CT molecular complexity index is 845. The molecule has 2 aromatic rings. The molecule has 0 spiro atoms. The molecule has 1 unspecified atom stereocenters. The summed E-state index contributed by atoms with van der Waals surface area (Å²) in [7, 11) is 1.67. The minimum Gasteiger partial charge on any atom is -0.493 e. The van der Waals surface area contributed by atoms with Crippen LogP contribution in [0.15, 0.2) is 42.5 Å². The number of hydrogen-bond acceptors (Lipinski definition) is 4. The second-order valence-electron chi connectivity index (χ2n) is 7.81. The molecule has 2 fully saturated rings. The van der Waals surface area contributed by atoms with Crippen LogP contribution in [0.25, 0.3) is 0 Å². The zero-order valence-corrected chi connectivity index (χ0v) is 16.4. The number of para-hydroxylation sites is 1. The Balaban J connectivity index is 1.49. The molecule has 0 aromatic heterocycles. The highest BCUT2D eigenvalue weighted by atomic mass is 16.5. The van der Waals surface area contributed by atoms with Crippen molar-refractivity contribution in [2.24, 2.45) is 0 Å². The number of nitrogens with zero attached hydrogens (tertiary/aromatic N) is 1. The van der Waals surface area contributed by atoms with Crippen LogP contribution in [-0.2, 0) is 11.3 Å². The lowest BCUT2D eigenvalue weighted by atomic mass is 9.98. The minimum absolute atomic E-state index is 0.161. The normalized spacial score (nSPS) is 20.0. The van der Waals surface area contributed by atoms with Crippen molar-refractivity contribution in [3.8, 4) is 11.5 Å². The number of rotatable bonds is 6. The van der Waals surface area contributed by atoms with Crippen molar-refractivity contribution in [3.63, 3.8) is 0 Å². The molecular weight excluding hydrogens is 352 g/mol. The van der Waals surface area contributed by atoms with Crippen LogP contribution in [0.1, 0.15) is 49.1 Å². The number of likely N-dealkylation sites (tertiary alicyclic amines) is 1. The molecule has 1 atom stereocenters. The van der Waals surface area contributed by atoms with Gasteiger partial charge in [-0.3, -0.25) is 4.79 Å². The third kappa shape index (κ3) is 3.93. The van der Waals surface area contributed by atoms with E-state index in [1.807, 2.05) is 35.2 Å². The molecule has 0 radical (unpaired) electrons. The Hall–Kier alpha value is -2.69. The molecule has 0 bridgehead atoms. The van der Waals surface area contributed by atoms with Crippen LogP contribution in [0, 0.1) is 0 Å². The molecule has 5 heteroatoms. The van der Waals surface area contributed by atoms with Gasteiger partial charge in [-0.25, -0.2) is 0 Å². The van der Waals surface area contributed by atoms with Crippen molar-refractivity contribution in [1.29, 1.82) is 0 Å². The van der Waals surface area contributed by atoms with Crippen LogP contribution < -0.4 is 15.2 Å². The van der Waals surface area contributed by atoms with Gasteiger partial charge in [-0.15, -0.1) is 0 Å². The highest BCUT2D eigenvalue weighted by Crippen LogP contribution is 2.37. The summed E-state index contributed by atoms with van der Waals surface area (Å²) in [5, 5.41) is 0. The van der Waals surface area contributed by atoms with E-state index in [9.17, 15) is 4.79 Å². The third-order valence-corrected chi connectivity index (χ3v) is 5.89. The standard InChI is InChI=1S/C23H28N2O3/c1-27-21-11-10-16(12-22(21)28-19-7-3-4-8-19)18-13-23(26)25(15-18)14-17-6-2-5-9-20(17)24/h2,5-6,9-12,18-19H,3-4,7-8,13-15,24H2,1H3. The maximum absolute atomic E-state index is 12.6. The summed E-state index contributed by atoms with van der Waals surface area (Å²) in [5.41, 5.74) is 8.91. The SMILES string of the molecule is COc1ccc(C2CC(=O)N(Cc3ccccc3N)C2)cc1OC1CCCC1. The number of benzene rings is 2. The van der Waals surface area contributed by atoms with Crippen molar-refractivity contribution in [1.82, 2.24) is 4.90 Å². The fraction of sp³-hybridized carbons (Fsp3) is 0.435. The molecule has 1 amide bonds. The van der Waals surface area contributed by atoms with Gasteiger partial charge in [-0.2, -0.15) is 0 Å². The Morgan fingerprint density at radius 1 is 1.11 bits per heavy atom. The first kappa shape index (κ1) is 18.7. The van der Waals surface area contributed by atoms with Crippen LogP contribution in [0.3, 0.4) is 0 Å². The highest BCUT2D eigenvalue weighted by molar-refractivity contribution is 5.80. The number of nitrogen functional groups attached to an aromatic ring is 1. The maximum atomic E-state index is 12.6. The van der Waals surface area contributed by atoms with E-state index < -0.39 is 0 Å². The number of methoxy groups -OCH3 is 1. The largest absolute Gasteiger partial charge is 0.493 e. The van der Waals surface area contributed by atoms with Crippen molar-refractivity contribution >= 4 is 11.6 Å². The molecule has 1 saturated heterocycles. The predicted molar refractivity (Wildman–Crippen MR) is 110 cm³/mol. The summed E-state index contributed by atoms with van der Waals surface area (Å²) in [6.45, 7) is 1.26. The van der Waals surface area contributed by atoms with Gasteiger partial charge in [0.25, 0.3) is 0 Å². The summed E-state index contributed by atoms with van der Waals surface area (Å²) >= 11 is 0. The van der Waals surface area contributed by atoms with Crippen LogP contribution in [0.5, 0.6) is 11.5 Å². The van der Waals surface area contributed by atoms with Gasteiger partial charge in [0.1, 0.15) is 0 Å². The average molecular weight is 380 g/mol. The summed E-state index contributed by atoms with van der Waals surface area (Å²) in [4.78, 5) is 14.5. The number of carbonyl (C=O) groups excluding carboxylic acids is 1. The topological polar surface area (TPSA) is 64.8 Å². The van der Waals surface area contributed by atoms with Gasteiger partial charge < -0.3 is 20.1 Å². The summed E-state index contributed by atoms with van der Waals surface area (Å²) in [6.07, 6.45) is 5.43. The minimum atomic E-state index is 0.161. The van der Waals surface area contributed by atoms with E-state index >= 15 is 0 Å². The summed E-state index contributed by atoms with van der Waals surface area (Å²) in [6, 6.07) is 13.8. The first-order chi connectivity index (χ1) is 13.6. The predicted octanol–water partition coefficient (Wildman–Crippen LogP) is 4.11. The van der Waals surface area contributed by atoms with Crippen molar-refractivity contribution in [2.75, 3.05) is 19.4 Å². The van der Waals surface area contributed by atoms with Crippen molar-refractivity contribution < 1.29 is 14.3 Å². The fourth-order valence-electron chi connectivity index (χ4n) is 4.26. The number of ether oxygens (including phenoxy) is 2. The van der Waals surface area contributed by atoms with Gasteiger partial charge in [0.05, 0.1) is 13.2 Å². The lowest BCUT2D eigenvalue weighted by Crippen LogP contribution is -2.24. The number of anilines is 1. The van der Waals surface area contributed by atoms with Crippen molar-refractivity contribution in [2.45, 2.75) is 50.7 Å². The first-order valence-corrected chi connectivity index (χ1v) is 10.1. The zero-order valence-electron chi connectivity index (χ0n) is 16.4. The molecule has 4 rings (SSSR count). The molecule has 148 valence electrons. The summed E-state index contributed by atoms with van der Waals surface area (Å²) < 4.78 is 11.7. The van der Waals surface area contributed by atoms with Gasteiger partial charge >= 0.3 is 0 Å². The molecule has 1 saturated carbocycles. The number of nitrogens with two attached hydrogens (primary N) is 1. The Kier molecular flexibility index (Phi) is 5.42. The molecule has 2 aliphatic rings. The maximum Gasteiger partial charge on any atom is 0.223 e. The van der Waals surface area contributed by atoms with Crippen molar-refractivity contribution in [3.05, 3.63) is 53.6 Å². The molecule has 2 N–H and O–H groups in total. The number of hydrogen-bond donors (Lipinski definition) is 1. The number of carbonyl (C=O) groups is 1. The van der Waals surface area contributed by atoms with Gasteiger partial charge in [0.2, 0.25) is 5.91 Å². The van der Waals surface area contributed by atoms with Crippen LogP contribution in [0.4, 0.5) is 5.69 Å². The fourth-order valence-corrected chi connectivity index (χ4v) is 4.26. The van der Waals surface area contributed by atoms with E-state index in [0.717, 1.165) is 41.2 Å². The highest BCUT2D eigenvalue weighted by Gasteiger charge is 2.31. The van der Waals surface area contributed by atoms with Gasteiger partial charge in [0, 0.05) is 31.1 Å². The lowest BCUT2D eigenvalue weighted by molar-refractivity contribution is -0.128. The molecule has 28 heavy (non-hydrogen) atoms. The van der Waals surface area contributed by atoms with E-state index in [-0.39, 0.29) is 17.9 Å². The zero-order chi connectivity index (χ0) is 19.5. The van der Waals surface area contributed by atoms with E-state index in [0.29, 0.717) is 19.5 Å². The number of amides is 1. The van der Waals surface area contributed by atoms with Gasteiger partial charge in [-0.05, 0) is 55.0 Å². The first-order valence-electron chi connectivity index (χ1n) is 10.1. The molecule has 1 aliphatic carbocycles. The monoisotopic (exact) mass is 380 g/mol. The second-order valence-corrected chi connectivity index (χ2v) is 7.81. The molecule has 1 aliphatic heterocycles. The van der Waals surface area contributed by atoms with E-state index in [1.54, 1.807) is 7.11 Å². The quantitative estimate of drug-likeness (QED) is 0.766. The second kappa shape index (κ2) is 8.13. The smallest absolute Gasteiger partial charge is 0.223 e. The Morgan fingerprint density at radius 3 is 2.64 bits per heavy atom. The Morgan fingerprint density at radius 2 is 1.89 bits per heavy atom. The average Bonchev–Trinajstić information content (AvgIpc) is 3.34. The molecular formula is C23H28N2O3. The van der Waals surface area contributed by atoms with E-state index in [1.165, 1.54) is 12.8 Å². The third-order valence-electron chi connectivity index (χ3n) is 5.89. The lowest BCUT2D eigenvalue weighted by Gasteiger charge is -2.20. The molecule has 1 heterocycles. The van der Waals surface area contributed by atoms with Gasteiger partial charge in [0.15, 0.2) is 11.5 Å². The van der Waals surface area contributed by atoms with E-state index in [2.05, 4.69) is 12.1 Å². The van der Waals surface area contributed by atoms with Gasteiger partial charge in [-0.1, -0.05) is 24.3 Å². The Labute approximate surface area is 166 Å². The van der Waals surface area contributed by atoms with Crippen LogP contribution in [0.2, 0.25) is 0 Å². The van der Waals surface area contributed by atoms with E-state index in [4.69, 9.17) is 15.2 Å². The summed E-state index contributed by atoms with van der Waals surface area (Å²) in [5.74, 6) is 1.88. The van der Waals surface area contributed by atoms with Crippen LogP contribution >= 0.6 is 0 Å².